The van der Waals surface area contributed by atoms with E-state index in [1.807, 2.05) is 42.5 Å². The summed E-state index contributed by atoms with van der Waals surface area (Å²) in [6.45, 7) is 6.54. The maximum absolute atomic E-state index is 5.94. The van der Waals surface area contributed by atoms with Gasteiger partial charge in [0.2, 0.25) is 0 Å². The Hall–Kier alpha value is -1.96. The van der Waals surface area contributed by atoms with Crippen LogP contribution in [-0.4, -0.2) is 0 Å². The Kier molecular flexibility index (Phi) is 3.28. The van der Waals surface area contributed by atoms with E-state index in [9.17, 15) is 0 Å². The van der Waals surface area contributed by atoms with Crippen molar-refractivity contribution in [3.63, 3.8) is 0 Å². The van der Waals surface area contributed by atoms with E-state index in [0.717, 1.165) is 17.2 Å². The molecule has 2 aromatic carbocycles. The molecule has 0 heterocycles. The van der Waals surface area contributed by atoms with Crippen molar-refractivity contribution in [1.82, 2.24) is 0 Å². The molecule has 0 amide bonds. The van der Waals surface area contributed by atoms with E-state index in [0.29, 0.717) is 0 Å². The van der Waals surface area contributed by atoms with Crippen LogP contribution in [-0.2, 0) is 5.41 Å². The Labute approximate surface area is 108 Å². The van der Waals surface area contributed by atoms with Crippen LogP contribution in [0.2, 0.25) is 0 Å². The fraction of sp³-hybridized carbons (Fsp3) is 0.250. The van der Waals surface area contributed by atoms with Gasteiger partial charge < -0.3 is 10.5 Å². The Morgan fingerprint density at radius 3 is 2.11 bits per heavy atom. The maximum atomic E-state index is 5.94. The fourth-order valence-corrected chi connectivity index (χ4v) is 1.84. The van der Waals surface area contributed by atoms with Gasteiger partial charge >= 0.3 is 0 Å². The molecular weight excluding hydrogens is 222 g/mol. The molecule has 0 aliphatic heterocycles. The lowest BCUT2D eigenvalue weighted by atomic mass is 9.86. The summed E-state index contributed by atoms with van der Waals surface area (Å²) >= 11 is 0. The lowest BCUT2D eigenvalue weighted by molar-refractivity contribution is 0.455. The smallest absolute Gasteiger partial charge is 0.131 e. The van der Waals surface area contributed by atoms with Gasteiger partial charge in [0.15, 0.2) is 0 Å². The number of benzene rings is 2. The van der Waals surface area contributed by atoms with Gasteiger partial charge in [0.25, 0.3) is 0 Å². The van der Waals surface area contributed by atoms with Crippen LogP contribution in [0.4, 0.5) is 5.69 Å². The number of hydrogen-bond acceptors (Lipinski definition) is 2. The highest BCUT2D eigenvalue weighted by Gasteiger charge is 2.18. The minimum Gasteiger partial charge on any atom is -0.457 e. The Balaban J connectivity index is 2.32. The molecule has 0 atom stereocenters. The zero-order chi connectivity index (χ0) is 13.2. The molecule has 0 radical (unpaired) electrons. The van der Waals surface area contributed by atoms with Crippen molar-refractivity contribution in [3.8, 4) is 11.5 Å². The summed E-state index contributed by atoms with van der Waals surface area (Å²) in [6, 6.07) is 15.6. The first kappa shape index (κ1) is 12.5. The van der Waals surface area contributed by atoms with Crippen molar-refractivity contribution < 1.29 is 4.74 Å². The molecule has 0 fully saturated rings. The summed E-state index contributed by atoms with van der Waals surface area (Å²) in [5.74, 6) is 1.70. The number of nitrogen functional groups attached to an aromatic ring is 1. The molecule has 2 rings (SSSR count). The Morgan fingerprint density at radius 2 is 1.50 bits per heavy atom. The SMILES string of the molecule is CC(C)(C)c1ccccc1Oc1ccc(N)cc1. The molecule has 0 bridgehead atoms. The van der Waals surface area contributed by atoms with Crippen molar-refractivity contribution in [3.05, 3.63) is 54.1 Å². The van der Waals surface area contributed by atoms with E-state index in [-0.39, 0.29) is 5.41 Å². The topological polar surface area (TPSA) is 35.2 Å². The molecule has 2 nitrogen and oxygen atoms in total. The van der Waals surface area contributed by atoms with Gasteiger partial charge in [-0.15, -0.1) is 0 Å². The average Bonchev–Trinajstić information content (AvgIpc) is 2.31. The fourth-order valence-electron chi connectivity index (χ4n) is 1.84. The highest BCUT2D eigenvalue weighted by atomic mass is 16.5. The first-order valence-electron chi connectivity index (χ1n) is 6.10. The van der Waals surface area contributed by atoms with Crippen LogP contribution in [0.25, 0.3) is 0 Å². The number of nitrogens with two attached hydrogens (primary N) is 1. The number of rotatable bonds is 2. The molecule has 0 aliphatic rings. The molecule has 18 heavy (non-hydrogen) atoms. The lowest BCUT2D eigenvalue weighted by Gasteiger charge is -2.22. The number of anilines is 1. The van der Waals surface area contributed by atoms with Crippen LogP contribution in [0, 0.1) is 0 Å². The molecule has 0 unspecified atom stereocenters. The van der Waals surface area contributed by atoms with Crippen LogP contribution in [0.3, 0.4) is 0 Å². The summed E-state index contributed by atoms with van der Waals surface area (Å²) < 4.78 is 5.94. The number of ether oxygens (including phenoxy) is 1. The predicted molar refractivity (Wildman–Crippen MR) is 76.1 cm³/mol. The van der Waals surface area contributed by atoms with Crippen molar-refractivity contribution >= 4 is 5.69 Å². The maximum Gasteiger partial charge on any atom is 0.131 e. The van der Waals surface area contributed by atoms with E-state index < -0.39 is 0 Å². The molecule has 2 aromatic rings. The molecule has 0 aliphatic carbocycles. The van der Waals surface area contributed by atoms with Gasteiger partial charge in [-0.2, -0.15) is 0 Å². The van der Waals surface area contributed by atoms with Gasteiger partial charge in [0.1, 0.15) is 11.5 Å². The van der Waals surface area contributed by atoms with E-state index in [4.69, 9.17) is 10.5 Å². The van der Waals surface area contributed by atoms with Crippen molar-refractivity contribution in [2.75, 3.05) is 5.73 Å². The third-order valence-corrected chi connectivity index (χ3v) is 2.80. The molecule has 0 spiro atoms. The van der Waals surface area contributed by atoms with Crippen molar-refractivity contribution in [2.45, 2.75) is 26.2 Å². The summed E-state index contributed by atoms with van der Waals surface area (Å²) in [4.78, 5) is 0. The average molecular weight is 241 g/mol. The molecule has 2 heteroatoms. The number of para-hydroxylation sites is 1. The van der Waals surface area contributed by atoms with Crippen LogP contribution in [0.15, 0.2) is 48.5 Å². The highest BCUT2D eigenvalue weighted by Crippen LogP contribution is 2.33. The second-order valence-electron chi connectivity index (χ2n) is 5.42. The van der Waals surface area contributed by atoms with Gasteiger partial charge in [-0.3, -0.25) is 0 Å². The second-order valence-corrected chi connectivity index (χ2v) is 5.42. The van der Waals surface area contributed by atoms with Crippen LogP contribution in [0.1, 0.15) is 26.3 Å². The highest BCUT2D eigenvalue weighted by molar-refractivity contribution is 5.45. The zero-order valence-electron chi connectivity index (χ0n) is 11.1. The van der Waals surface area contributed by atoms with Gasteiger partial charge in [0, 0.05) is 11.3 Å². The first-order valence-corrected chi connectivity index (χ1v) is 6.10. The van der Waals surface area contributed by atoms with Crippen molar-refractivity contribution in [1.29, 1.82) is 0 Å². The molecule has 0 saturated carbocycles. The third-order valence-electron chi connectivity index (χ3n) is 2.80. The standard InChI is InChI=1S/C16H19NO/c1-16(2,3)14-6-4-5-7-15(14)18-13-10-8-12(17)9-11-13/h4-11H,17H2,1-3H3. The summed E-state index contributed by atoms with van der Waals surface area (Å²) in [5, 5.41) is 0. The molecule has 0 saturated heterocycles. The van der Waals surface area contributed by atoms with E-state index in [1.54, 1.807) is 0 Å². The van der Waals surface area contributed by atoms with Crippen LogP contribution < -0.4 is 10.5 Å². The Morgan fingerprint density at radius 1 is 0.889 bits per heavy atom. The quantitative estimate of drug-likeness (QED) is 0.793. The third kappa shape index (κ3) is 2.83. The Bertz CT molecular complexity index is 524. The minimum atomic E-state index is 0.0599. The minimum absolute atomic E-state index is 0.0599. The largest absolute Gasteiger partial charge is 0.457 e. The summed E-state index contributed by atoms with van der Waals surface area (Å²) in [5.41, 5.74) is 7.66. The van der Waals surface area contributed by atoms with Gasteiger partial charge in [-0.1, -0.05) is 39.0 Å². The first-order chi connectivity index (χ1) is 8.47. The zero-order valence-corrected chi connectivity index (χ0v) is 11.1. The van der Waals surface area contributed by atoms with Crippen LogP contribution >= 0.6 is 0 Å². The van der Waals surface area contributed by atoms with Gasteiger partial charge in [-0.25, -0.2) is 0 Å². The molecule has 2 N–H and O–H groups in total. The summed E-state index contributed by atoms with van der Waals surface area (Å²) in [7, 11) is 0. The van der Waals surface area contributed by atoms with E-state index in [1.165, 1.54) is 5.56 Å². The molecule has 94 valence electrons. The van der Waals surface area contributed by atoms with E-state index >= 15 is 0 Å². The monoisotopic (exact) mass is 241 g/mol. The molecular formula is C16H19NO. The predicted octanol–water partition coefficient (Wildman–Crippen LogP) is 4.36. The van der Waals surface area contributed by atoms with Crippen molar-refractivity contribution in [2.24, 2.45) is 0 Å². The van der Waals surface area contributed by atoms with Crippen LogP contribution in [0.5, 0.6) is 11.5 Å². The second kappa shape index (κ2) is 4.73. The number of hydrogen-bond donors (Lipinski definition) is 1. The van der Waals surface area contributed by atoms with Gasteiger partial charge in [-0.05, 0) is 35.7 Å². The molecule has 0 aromatic heterocycles. The van der Waals surface area contributed by atoms with E-state index in [2.05, 4.69) is 26.8 Å². The van der Waals surface area contributed by atoms with Gasteiger partial charge in [0.05, 0.1) is 0 Å². The normalized spacial score (nSPS) is 11.3. The lowest BCUT2D eigenvalue weighted by Crippen LogP contribution is -2.12. The summed E-state index contributed by atoms with van der Waals surface area (Å²) in [6.07, 6.45) is 0.